The Morgan fingerprint density at radius 2 is 2.12 bits per heavy atom. The highest BCUT2D eigenvalue weighted by Crippen LogP contribution is 2.19. The smallest absolute Gasteiger partial charge is 0.259 e. The molecule has 17 heavy (non-hydrogen) atoms. The molecule has 0 aliphatic heterocycles. The first-order valence-electron chi connectivity index (χ1n) is 5.35. The van der Waals surface area contributed by atoms with Gasteiger partial charge in [0, 0.05) is 20.6 Å². The van der Waals surface area contributed by atoms with E-state index >= 15 is 0 Å². The Morgan fingerprint density at radius 1 is 1.53 bits per heavy atom. The molecule has 1 heterocycles. The van der Waals surface area contributed by atoms with E-state index in [1.807, 2.05) is 13.8 Å². The second kappa shape index (κ2) is 4.75. The summed E-state index contributed by atoms with van der Waals surface area (Å²) in [7, 11) is -0.330. The highest BCUT2D eigenvalue weighted by Gasteiger charge is 2.28. The minimum absolute atomic E-state index is 0.188. The Balaban J connectivity index is 2.97. The van der Waals surface area contributed by atoms with E-state index in [9.17, 15) is 8.42 Å². The van der Waals surface area contributed by atoms with Gasteiger partial charge in [-0.15, -0.1) is 0 Å². The van der Waals surface area contributed by atoms with Crippen molar-refractivity contribution in [1.82, 2.24) is 14.1 Å². The molecule has 0 aliphatic rings. The lowest BCUT2D eigenvalue weighted by atomic mass is 9.94. The van der Waals surface area contributed by atoms with Crippen molar-refractivity contribution in [2.24, 2.45) is 18.2 Å². The fourth-order valence-electron chi connectivity index (χ4n) is 1.53. The molecule has 0 saturated carbocycles. The van der Waals surface area contributed by atoms with Crippen LogP contribution in [0.1, 0.15) is 13.8 Å². The summed E-state index contributed by atoms with van der Waals surface area (Å²) in [5.74, 6) is 0. The van der Waals surface area contributed by atoms with E-state index in [0.29, 0.717) is 13.1 Å². The van der Waals surface area contributed by atoms with Crippen molar-refractivity contribution >= 4 is 10.0 Å². The fourth-order valence-corrected chi connectivity index (χ4v) is 2.98. The molecule has 1 rings (SSSR count). The van der Waals surface area contributed by atoms with E-state index in [-0.39, 0.29) is 10.4 Å². The second-order valence-corrected chi connectivity index (χ2v) is 6.91. The predicted molar refractivity (Wildman–Crippen MR) is 65.9 cm³/mol. The molecule has 0 amide bonds. The molecular formula is C10H20N4O2S. The Kier molecular flexibility index (Phi) is 3.95. The van der Waals surface area contributed by atoms with Gasteiger partial charge in [0.25, 0.3) is 10.0 Å². The Labute approximate surface area is 102 Å². The number of sulfonamides is 1. The van der Waals surface area contributed by atoms with Gasteiger partial charge in [-0.3, -0.25) is 4.68 Å². The second-order valence-electron chi connectivity index (χ2n) is 4.92. The van der Waals surface area contributed by atoms with Crippen LogP contribution in [0.3, 0.4) is 0 Å². The van der Waals surface area contributed by atoms with E-state index < -0.39 is 10.0 Å². The van der Waals surface area contributed by atoms with E-state index in [1.165, 1.54) is 21.3 Å². The number of nitrogens with zero attached hydrogens (tertiary/aromatic N) is 3. The van der Waals surface area contributed by atoms with E-state index in [0.717, 1.165) is 0 Å². The number of nitrogens with two attached hydrogens (primary N) is 1. The van der Waals surface area contributed by atoms with Gasteiger partial charge >= 0.3 is 0 Å². The zero-order valence-corrected chi connectivity index (χ0v) is 11.5. The molecule has 0 atom stereocenters. The van der Waals surface area contributed by atoms with E-state index in [2.05, 4.69) is 5.10 Å². The van der Waals surface area contributed by atoms with Crippen molar-refractivity contribution < 1.29 is 8.42 Å². The van der Waals surface area contributed by atoms with Crippen LogP contribution in [0.15, 0.2) is 17.3 Å². The molecule has 0 aromatic carbocycles. The van der Waals surface area contributed by atoms with Gasteiger partial charge in [-0.2, -0.15) is 9.40 Å². The van der Waals surface area contributed by atoms with E-state index in [4.69, 9.17) is 5.73 Å². The molecule has 0 bridgehead atoms. The molecule has 0 saturated heterocycles. The number of rotatable bonds is 5. The van der Waals surface area contributed by atoms with Crippen LogP contribution in [0.2, 0.25) is 0 Å². The summed E-state index contributed by atoms with van der Waals surface area (Å²) in [6.45, 7) is 4.67. The average molecular weight is 260 g/mol. The molecule has 98 valence electrons. The van der Waals surface area contributed by atoms with Gasteiger partial charge in [0.05, 0.1) is 6.20 Å². The minimum atomic E-state index is -3.49. The number of hydrogen-bond acceptors (Lipinski definition) is 4. The summed E-state index contributed by atoms with van der Waals surface area (Å²) in [6, 6.07) is 1.49. The quantitative estimate of drug-likeness (QED) is 0.809. The van der Waals surface area contributed by atoms with Gasteiger partial charge < -0.3 is 5.73 Å². The minimum Gasteiger partial charge on any atom is -0.330 e. The van der Waals surface area contributed by atoms with Gasteiger partial charge in [-0.1, -0.05) is 13.8 Å². The van der Waals surface area contributed by atoms with Crippen LogP contribution in [-0.2, 0) is 17.1 Å². The molecule has 0 fully saturated rings. The van der Waals surface area contributed by atoms with Crippen LogP contribution in [0.25, 0.3) is 0 Å². The lowest BCUT2D eigenvalue weighted by molar-refractivity contribution is 0.290. The van der Waals surface area contributed by atoms with Gasteiger partial charge in [0.15, 0.2) is 5.03 Å². The van der Waals surface area contributed by atoms with Crippen LogP contribution >= 0.6 is 0 Å². The van der Waals surface area contributed by atoms with Gasteiger partial charge in [-0.25, -0.2) is 8.42 Å². The molecular weight excluding hydrogens is 240 g/mol. The average Bonchev–Trinajstić information content (AvgIpc) is 2.64. The maximum Gasteiger partial charge on any atom is 0.259 e. The van der Waals surface area contributed by atoms with Crippen LogP contribution in [0.5, 0.6) is 0 Å². The molecule has 7 heteroatoms. The van der Waals surface area contributed by atoms with Crippen molar-refractivity contribution in [3.05, 3.63) is 12.3 Å². The third-order valence-corrected chi connectivity index (χ3v) is 4.53. The Morgan fingerprint density at radius 3 is 2.53 bits per heavy atom. The van der Waals surface area contributed by atoms with Crippen molar-refractivity contribution in [1.29, 1.82) is 0 Å². The SMILES string of the molecule is CN(CC(C)(C)CN)S(=O)(=O)c1ccnn1C. The highest BCUT2D eigenvalue weighted by atomic mass is 32.2. The summed E-state index contributed by atoms with van der Waals surface area (Å²) >= 11 is 0. The van der Waals surface area contributed by atoms with Gasteiger partial charge in [0.1, 0.15) is 0 Å². The van der Waals surface area contributed by atoms with E-state index in [1.54, 1.807) is 14.1 Å². The van der Waals surface area contributed by atoms with Gasteiger partial charge in [0.2, 0.25) is 0 Å². The molecule has 6 nitrogen and oxygen atoms in total. The lowest BCUT2D eigenvalue weighted by Crippen LogP contribution is -2.40. The van der Waals surface area contributed by atoms with Crippen LogP contribution in [-0.4, -0.2) is 42.6 Å². The van der Waals surface area contributed by atoms with Crippen molar-refractivity contribution in [2.45, 2.75) is 18.9 Å². The zero-order valence-electron chi connectivity index (χ0n) is 10.7. The molecule has 1 aromatic rings. The molecule has 1 aromatic heterocycles. The fraction of sp³-hybridized carbons (Fsp3) is 0.700. The number of hydrogen-bond donors (Lipinski definition) is 1. The largest absolute Gasteiger partial charge is 0.330 e. The topological polar surface area (TPSA) is 81.2 Å². The third-order valence-electron chi connectivity index (χ3n) is 2.65. The van der Waals surface area contributed by atoms with Crippen LogP contribution in [0.4, 0.5) is 0 Å². The first-order chi connectivity index (χ1) is 7.70. The standard InChI is InChI=1S/C10H20N4O2S/c1-10(2,7-11)8-13(3)17(15,16)9-5-6-12-14(9)4/h5-6H,7-8,11H2,1-4H3. The van der Waals surface area contributed by atoms with Crippen LogP contribution < -0.4 is 5.73 Å². The summed E-state index contributed by atoms with van der Waals surface area (Å²) in [4.78, 5) is 0. The van der Waals surface area contributed by atoms with Gasteiger partial charge in [-0.05, 0) is 18.0 Å². The molecule has 2 N–H and O–H groups in total. The lowest BCUT2D eigenvalue weighted by Gasteiger charge is -2.28. The molecule has 0 radical (unpaired) electrons. The van der Waals surface area contributed by atoms with Crippen LogP contribution in [0, 0.1) is 5.41 Å². The maximum absolute atomic E-state index is 12.2. The first-order valence-corrected chi connectivity index (χ1v) is 6.79. The highest BCUT2D eigenvalue weighted by molar-refractivity contribution is 7.89. The van der Waals surface area contributed by atoms with Crippen molar-refractivity contribution in [3.8, 4) is 0 Å². The maximum atomic E-state index is 12.2. The first kappa shape index (κ1) is 14.1. The van der Waals surface area contributed by atoms with Crippen molar-refractivity contribution in [3.63, 3.8) is 0 Å². The number of aryl methyl sites for hydroxylation is 1. The monoisotopic (exact) mass is 260 g/mol. The third kappa shape index (κ3) is 3.05. The normalized spacial score (nSPS) is 13.3. The Bertz CT molecular complexity index is 478. The molecule has 0 unspecified atom stereocenters. The summed E-state index contributed by atoms with van der Waals surface area (Å²) in [5.41, 5.74) is 5.36. The summed E-state index contributed by atoms with van der Waals surface area (Å²) in [5, 5.41) is 4.06. The zero-order chi connectivity index (χ0) is 13.3. The summed E-state index contributed by atoms with van der Waals surface area (Å²) in [6.07, 6.45) is 1.47. The summed E-state index contributed by atoms with van der Waals surface area (Å²) < 4.78 is 27.1. The van der Waals surface area contributed by atoms with Crippen molar-refractivity contribution in [2.75, 3.05) is 20.1 Å². The predicted octanol–water partition coefficient (Wildman–Crippen LogP) is 0.0255. The Hall–Kier alpha value is -0.920. The molecule has 0 spiro atoms. The molecule has 0 aliphatic carbocycles. The number of aromatic nitrogens is 2.